The predicted molar refractivity (Wildman–Crippen MR) is 81.9 cm³/mol. The van der Waals surface area contributed by atoms with Crippen molar-refractivity contribution in [2.75, 3.05) is 31.9 Å². The number of piperazine rings is 1. The Kier molecular flexibility index (Phi) is 3.98. The smallest absolute Gasteiger partial charge is 0.244 e. The Hall–Kier alpha value is -0.700. The molecule has 3 rings (SSSR count). The molecule has 2 fully saturated rings. The normalized spacial score (nSPS) is 21.6. The van der Waals surface area contributed by atoms with Gasteiger partial charge in [-0.1, -0.05) is 0 Å². The van der Waals surface area contributed by atoms with E-state index in [1.165, 1.54) is 23.2 Å². The van der Waals surface area contributed by atoms with Gasteiger partial charge in [0.25, 0.3) is 0 Å². The Morgan fingerprint density at radius 2 is 1.81 bits per heavy atom. The zero-order chi connectivity index (χ0) is 15.2. The second-order valence-electron chi connectivity index (χ2n) is 5.48. The first-order valence-corrected chi connectivity index (χ1v) is 9.11. The van der Waals surface area contributed by atoms with E-state index >= 15 is 0 Å². The Labute approximate surface area is 132 Å². The van der Waals surface area contributed by atoms with Gasteiger partial charge in [-0.2, -0.15) is 4.31 Å². The van der Waals surface area contributed by atoms with Crippen molar-refractivity contribution >= 4 is 31.6 Å². The summed E-state index contributed by atoms with van der Waals surface area (Å²) >= 11 is 3.12. The maximum Gasteiger partial charge on any atom is 0.244 e. The van der Waals surface area contributed by atoms with Gasteiger partial charge in [0, 0.05) is 36.7 Å². The molecule has 1 aliphatic heterocycles. The molecule has 5 nitrogen and oxygen atoms in total. The van der Waals surface area contributed by atoms with Crippen LogP contribution in [0.3, 0.4) is 0 Å². The van der Waals surface area contributed by atoms with E-state index in [9.17, 15) is 12.8 Å². The topological polar surface area (TPSA) is 66.6 Å². The van der Waals surface area contributed by atoms with E-state index in [-0.39, 0.29) is 15.1 Å². The second kappa shape index (κ2) is 5.49. The summed E-state index contributed by atoms with van der Waals surface area (Å²) in [6.07, 6.45) is 2.43. The lowest BCUT2D eigenvalue weighted by Gasteiger charge is -2.34. The molecular formula is C13H17BrFN3O2S. The van der Waals surface area contributed by atoms with Crippen LogP contribution in [0.25, 0.3) is 0 Å². The summed E-state index contributed by atoms with van der Waals surface area (Å²) in [6, 6.07) is 2.92. The highest BCUT2D eigenvalue weighted by atomic mass is 79.9. The Morgan fingerprint density at radius 3 is 2.38 bits per heavy atom. The number of nitrogens with zero attached hydrogens (tertiary/aromatic N) is 2. The van der Waals surface area contributed by atoms with Crippen LogP contribution in [0.5, 0.6) is 0 Å². The number of rotatable bonds is 3. The predicted octanol–water partition coefficient (Wildman–Crippen LogP) is 1.64. The number of hydrogen-bond acceptors (Lipinski definition) is 4. The molecule has 0 bridgehead atoms. The number of benzene rings is 1. The summed E-state index contributed by atoms with van der Waals surface area (Å²) in [4.78, 5) is 2.36. The van der Waals surface area contributed by atoms with Crippen LogP contribution in [0.4, 0.5) is 10.1 Å². The summed E-state index contributed by atoms with van der Waals surface area (Å²) in [5, 5.41) is 0. The van der Waals surface area contributed by atoms with Crippen LogP contribution in [0.2, 0.25) is 0 Å². The molecule has 2 aliphatic rings. The molecule has 1 saturated carbocycles. The maximum atomic E-state index is 13.4. The lowest BCUT2D eigenvalue weighted by Crippen LogP contribution is -2.49. The average molecular weight is 378 g/mol. The van der Waals surface area contributed by atoms with Crippen LogP contribution in [0.15, 0.2) is 21.5 Å². The molecule has 116 valence electrons. The van der Waals surface area contributed by atoms with Gasteiger partial charge in [-0.25, -0.2) is 12.8 Å². The SMILES string of the molecule is Nc1cc(S(=O)(=O)N2CCN(C3CC3)CC2)c(Br)cc1F. The number of halogens is 2. The number of sulfonamides is 1. The first kappa shape index (κ1) is 15.2. The maximum absolute atomic E-state index is 13.4. The molecule has 0 unspecified atom stereocenters. The molecule has 1 aliphatic carbocycles. The average Bonchev–Trinajstić information content (AvgIpc) is 3.27. The number of nitrogen functional groups attached to an aromatic ring is 1. The molecular weight excluding hydrogens is 361 g/mol. The fourth-order valence-corrected chi connectivity index (χ4v) is 5.06. The zero-order valence-electron chi connectivity index (χ0n) is 11.4. The van der Waals surface area contributed by atoms with E-state index in [0.717, 1.165) is 19.2 Å². The third-order valence-corrected chi connectivity index (χ3v) is 6.86. The fraction of sp³-hybridized carbons (Fsp3) is 0.538. The molecule has 8 heteroatoms. The summed E-state index contributed by atoms with van der Waals surface area (Å²) in [5.74, 6) is -0.626. The minimum atomic E-state index is -3.65. The Bertz CT molecular complexity index is 656. The van der Waals surface area contributed by atoms with Gasteiger partial charge >= 0.3 is 0 Å². The van der Waals surface area contributed by atoms with Crippen molar-refractivity contribution in [2.24, 2.45) is 0 Å². The highest BCUT2D eigenvalue weighted by Crippen LogP contribution is 2.31. The van der Waals surface area contributed by atoms with Gasteiger partial charge in [0.05, 0.1) is 10.6 Å². The van der Waals surface area contributed by atoms with Crippen molar-refractivity contribution in [3.8, 4) is 0 Å². The highest BCUT2D eigenvalue weighted by Gasteiger charge is 2.35. The van der Waals surface area contributed by atoms with Crippen LogP contribution < -0.4 is 5.73 Å². The van der Waals surface area contributed by atoms with E-state index < -0.39 is 15.8 Å². The van der Waals surface area contributed by atoms with Gasteiger partial charge < -0.3 is 5.73 Å². The first-order chi connectivity index (χ1) is 9.89. The lowest BCUT2D eigenvalue weighted by molar-refractivity contribution is 0.180. The minimum absolute atomic E-state index is 0.0290. The van der Waals surface area contributed by atoms with Gasteiger partial charge in [0.1, 0.15) is 5.82 Å². The van der Waals surface area contributed by atoms with E-state index in [2.05, 4.69) is 20.8 Å². The summed E-state index contributed by atoms with van der Waals surface area (Å²) in [7, 11) is -3.65. The molecule has 0 spiro atoms. The van der Waals surface area contributed by atoms with Crippen molar-refractivity contribution < 1.29 is 12.8 Å². The molecule has 1 saturated heterocycles. The fourth-order valence-electron chi connectivity index (χ4n) is 2.63. The molecule has 0 aromatic heterocycles. The molecule has 21 heavy (non-hydrogen) atoms. The van der Waals surface area contributed by atoms with Gasteiger partial charge in [0.15, 0.2) is 0 Å². The first-order valence-electron chi connectivity index (χ1n) is 6.88. The molecule has 0 atom stereocenters. The highest BCUT2D eigenvalue weighted by molar-refractivity contribution is 9.10. The van der Waals surface area contributed by atoms with Crippen LogP contribution in [-0.2, 0) is 10.0 Å². The minimum Gasteiger partial charge on any atom is -0.396 e. The van der Waals surface area contributed by atoms with E-state index in [1.54, 1.807) is 0 Å². The molecule has 1 heterocycles. The van der Waals surface area contributed by atoms with Gasteiger partial charge in [-0.05, 0) is 40.9 Å². The van der Waals surface area contributed by atoms with Crippen LogP contribution in [0, 0.1) is 5.82 Å². The van der Waals surface area contributed by atoms with Crippen LogP contribution >= 0.6 is 15.9 Å². The molecule has 0 amide bonds. The summed E-state index contributed by atoms with van der Waals surface area (Å²) in [5.41, 5.74) is 5.34. The lowest BCUT2D eigenvalue weighted by atomic mass is 10.3. The van der Waals surface area contributed by atoms with Crippen molar-refractivity contribution in [1.82, 2.24) is 9.21 Å². The number of anilines is 1. The summed E-state index contributed by atoms with van der Waals surface area (Å²) < 4.78 is 40.3. The van der Waals surface area contributed by atoms with Gasteiger partial charge in [-0.3, -0.25) is 4.90 Å². The van der Waals surface area contributed by atoms with Crippen molar-refractivity contribution in [3.05, 3.63) is 22.4 Å². The van der Waals surface area contributed by atoms with Crippen molar-refractivity contribution in [2.45, 2.75) is 23.8 Å². The van der Waals surface area contributed by atoms with Gasteiger partial charge in [-0.15, -0.1) is 0 Å². The van der Waals surface area contributed by atoms with Gasteiger partial charge in [0.2, 0.25) is 10.0 Å². The van der Waals surface area contributed by atoms with Crippen LogP contribution in [-0.4, -0.2) is 49.8 Å². The Morgan fingerprint density at radius 1 is 1.19 bits per heavy atom. The van der Waals surface area contributed by atoms with E-state index in [1.807, 2.05) is 0 Å². The second-order valence-corrected chi connectivity index (χ2v) is 8.24. The van der Waals surface area contributed by atoms with Crippen molar-refractivity contribution in [1.29, 1.82) is 0 Å². The zero-order valence-corrected chi connectivity index (χ0v) is 13.8. The monoisotopic (exact) mass is 377 g/mol. The third kappa shape index (κ3) is 2.94. The van der Waals surface area contributed by atoms with E-state index in [4.69, 9.17) is 5.73 Å². The molecule has 1 aromatic carbocycles. The standard InChI is InChI=1S/C13H17BrFN3O2S/c14-10-7-11(15)12(16)8-13(10)21(19,20)18-5-3-17(4-6-18)9-1-2-9/h7-9H,1-6,16H2. The number of hydrogen-bond donors (Lipinski definition) is 1. The van der Waals surface area contributed by atoms with Crippen LogP contribution in [0.1, 0.15) is 12.8 Å². The van der Waals surface area contributed by atoms with E-state index in [0.29, 0.717) is 19.1 Å². The third-order valence-electron chi connectivity index (χ3n) is 4.01. The largest absolute Gasteiger partial charge is 0.396 e. The Balaban J connectivity index is 1.82. The van der Waals surface area contributed by atoms with Crippen molar-refractivity contribution in [3.63, 3.8) is 0 Å². The summed E-state index contributed by atoms with van der Waals surface area (Å²) in [6.45, 7) is 2.42. The molecule has 2 N–H and O–H groups in total. The number of nitrogens with two attached hydrogens (primary N) is 1. The quantitative estimate of drug-likeness (QED) is 0.813. The molecule has 1 aromatic rings. The molecule has 0 radical (unpaired) electrons.